The monoisotopic (exact) mass is 420 g/mol. The number of aromatic nitrogens is 7. The Morgan fingerprint density at radius 2 is 1.94 bits per heavy atom. The zero-order valence-corrected chi connectivity index (χ0v) is 17.9. The molecule has 0 bridgehead atoms. The first-order valence-corrected chi connectivity index (χ1v) is 11.0. The van der Waals surface area contributed by atoms with E-state index in [9.17, 15) is 5.11 Å². The van der Waals surface area contributed by atoms with E-state index in [2.05, 4.69) is 40.7 Å². The van der Waals surface area contributed by atoms with Crippen LogP contribution < -0.4 is 5.32 Å². The molecule has 2 N–H and O–H groups in total. The number of hydrogen-bond acceptors (Lipinski definition) is 6. The topological polar surface area (TPSA) is 98.1 Å². The van der Waals surface area contributed by atoms with Gasteiger partial charge >= 0.3 is 0 Å². The molecule has 0 radical (unpaired) electrons. The van der Waals surface area contributed by atoms with Crippen LogP contribution >= 0.6 is 0 Å². The fourth-order valence-corrected chi connectivity index (χ4v) is 4.39. The second-order valence-corrected chi connectivity index (χ2v) is 8.15. The molecular weight excluding hydrogens is 392 g/mol. The molecule has 2 unspecified atom stereocenters. The summed E-state index contributed by atoms with van der Waals surface area (Å²) in [6, 6.07) is 2.32. The van der Waals surface area contributed by atoms with Crippen molar-refractivity contribution in [1.29, 1.82) is 0 Å². The van der Waals surface area contributed by atoms with Crippen LogP contribution in [0.2, 0.25) is 0 Å². The van der Waals surface area contributed by atoms with Crippen LogP contribution in [-0.2, 0) is 0 Å². The molecule has 1 aliphatic rings. The minimum atomic E-state index is -0.450. The molecule has 1 saturated heterocycles. The lowest BCUT2D eigenvalue weighted by atomic mass is 10.0. The first-order valence-electron chi connectivity index (χ1n) is 11.0. The van der Waals surface area contributed by atoms with Gasteiger partial charge in [-0.15, -0.1) is 0 Å². The van der Waals surface area contributed by atoms with E-state index in [0.29, 0.717) is 12.6 Å². The summed E-state index contributed by atoms with van der Waals surface area (Å²) in [5.41, 5.74) is 4.45. The molecule has 9 heteroatoms. The molecule has 162 valence electrons. The van der Waals surface area contributed by atoms with E-state index in [1.54, 1.807) is 6.20 Å². The summed E-state index contributed by atoms with van der Waals surface area (Å²) in [7, 11) is 0. The van der Waals surface area contributed by atoms with Crippen LogP contribution in [0.1, 0.15) is 45.2 Å². The predicted molar refractivity (Wildman–Crippen MR) is 118 cm³/mol. The van der Waals surface area contributed by atoms with E-state index in [1.165, 1.54) is 0 Å². The van der Waals surface area contributed by atoms with Crippen LogP contribution in [0.15, 0.2) is 43.2 Å². The van der Waals surface area contributed by atoms with Crippen LogP contribution in [0.4, 0.5) is 0 Å². The standard InChI is InChI=1S/C22H28N8O/c1-3-17(4-2)28-13-16(10-25-28)22-20-6-8-24-30(20)14-18(27-22)15-9-26-29(12-15)19-5-7-23-11-21(19)31/h6,8-10,12-14,17,19,21,23,31H,3-5,7,11H2,1-2H3. The molecule has 31 heavy (non-hydrogen) atoms. The van der Waals surface area contributed by atoms with E-state index in [0.717, 1.165) is 53.8 Å². The van der Waals surface area contributed by atoms with E-state index in [-0.39, 0.29) is 6.04 Å². The molecule has 0 aromatic carbocycles. The number of fused-ring (bicyclic) bond motifs is 1. The third-order valence-corrected chi connectivity index (χ3v) is 6.23. The lowest BCUT2D eigenvalue weighted by Crippen LogP contribution is -2.41. The van der Waals surface area contributed by atoms with Crippen molar-refractivity contribution in [2.24, 2.45) is 0 Å². The lowest BCUT2D eigenvalue weighted by Gasteiger charge is -2.28. The van der Waals surface area contributed by atoms with Crippen molar-refractivity contribution in [2.75, 3.05) is 13.1 Å². The molecule has 5 rings (SSSR count). The van der Waals surface area contributed by atoms with E-state index >= 15 is 0 Å². The minimum absolute atomic E-state index is 0.0267. The van der Waals surface area contributed by atoms with Gasteiger partial charge < -0.3 is 10.4 Å². The molecule has 2 atom stereocenters. The number of piperidine rings is 1. The number of aliphatic hydroxyl groups excluding tert-OH is 1. The number of rotatable bonds is 6. The molecule has 1 fully saturated rings. The predicted octanol–water partition coefficient (Wildman–Crippen LogP) is 2.71. The van der Waals surface area contributed by atoms with Gasteiger partial charge in [-0.2, -0.15) is 15.3 Å². The van der Waals surface area contributed by atoms with Crippen LogP contribution in [0.25, 0.3) is 28.0 Å². The first kappa shape index (κ1) is 19.9. The SMILES string of the molecule is CCC(CC)n1cc(-c2nc(-c3cnn(C4CCNCC4O)c3)cn3nccc23)cn1. The summed E-state index contributed by atoms with van der Waals surface area (Å²) in [5.74, 6) is 0. The number of β-amino-alcohol motifs (C(OH)–C–C–N with tert-alkyl or cyclic N) is 1. The molecular formula is C22H28N8O. The fourth-order valence-electron chi connectivity index (χ4n) is 4.39. The average molecular weight is 421 g/mol. The molecule has 0 spiro atoms. The molecule has 4 aromatic heterocycles. The van der Waals surface area contributed by atoms with E-state index in [1.807, 2.05) is 44.7 Å². The van der Waals surface area contributed by atoms with Crippen molar-refractivity contribution < 1.29 is 5.11 Å². The second kappa shape index (κ2) is 8.24. The fraction of sp³-hybridized carbons (Fsp3) is 0.455. The first-order chi connectivity index (χ1) is 15.2. The molecule has 4 aromatic rings. The normalized spacial score (nSPS) is 19.5. The van der Waals surface area contributed by atoms with Gasteiger partial charge in [-0.1, -0.05) is 13.8 Å². The van der Waals surface area contributed by atoms with Crippen LogP contribution in [0.5, 0.6) is 0 Å². The number of nitrogens with zero attached hydrogens (tertiary/aromatic N) is 7. The molecule has 5 heterocycles. The van der Waals surface area contributed by atoms with Gasteiger partial charge in [0.15, 0.2) is 0 Å². The van der Waals surface area contributed by atoms with Crippen molar-refractivity contribution in [3.63, 3.8) is 0 Å². The number of nitrogens with one attached hydrogen (secondary N) is 1. The minimum Gasteiger partial charge on any atom is -0.390 e. The zero-order chi connectivity index (χ0) is 21.4. The summed E-state index contributed by atoms with van der Waals surface area (Å²) in [6.07, 6.45) is 13.9. The Bertz CT molecular complexity index is 1170. The van der Waals surface area contributed by atoms with Crippen molar-refractivity contribution in [2.45, 2.75) is 51.3 Å². The van der Waals surface area contributed by atoms with Crippen molar-refractivity contribution in [3.05, 3.63) is 43.2 Å². The van der Waals surface area contributed by atoms with Gasteiger partial charge in [-0.3, -0.25) is 9.36 Å². The van der Waals surface area contributed by atoms with Gasteiger partial charge in [0.2, 0.25) is 0 Å². The summed E-state index contributed by atoms with van der Waals surface area (Å²) in [6.45, 7) is 5.82. The van der Waals surface area contributed by atoms with Gasteiger partial charge in [-0.25, -0.2) is 9.50 Å². The highest BCUT2D eigenvalue weighted by Gasteiger charge is 2.25. The number of hydrogen-bond donors (Lipinski definition) is 2. The Labute approximate surface area is 180 Å². The van der Waals surface area contributed by atoms with E-state index < -0.39 is 6.10 Å². The van der Waals surface area contributed by atoms with E-state index in [4.69, 9.17) is 4.98 Å². The number of aliphatic hydroxyl groups is 1. The van der Waals surface area contributed by atoms with Gasteiger partial charge in [-0.05, 0) is 31.9 Å². The van der Waals surface area contributed by atoms with Crippen molar-refractivity contribution in [1.82, 2.24) is 39.5 Å². The van der Waals surface area contributed by atoms with Gasteiger partial charge in [0.1, 0.15) is 0 Å². The smallest absolute Gasteiger partial charge is 0.0999 e. The Morgan fingerprint density at radius 3 is 2.74 bits per heavy atom. The Kier molecular flexibility index (Phi) is 5.29. The summed E-state index contributed by atoms with van der Waals surface area (Å²) < 4.78 is 5.75. The molecule has 0 saturated carbocycles. The molecule has 0 aliphatic carbocycles. The maximum absolute atomic E-state index is 10.3. The van der Waals surface area contributed by atoms with Crippen molar-refractivity contribution in [3.8, 4) is 22.5 Å². The van der Waals surface area contributed by atoms with Crippen LogP contribution in [-0.4, -0.2) is 58.5 Å². The highest BCUT2D eigenvalue weighted by molar-refractivity contribution is 5.78. The van der Waals surface area contributed by atoms with Gasteiger partial charge in [0.25, 0.3) is 0 Å². The maximum atomic E-state index is 10.3. The summed E-state index contributed by atoms with van der Waals surface area (Å²) in [4.78, 5) is 4.97. The highest BCUT2D eigenvalue weighted by atomic mass is 16.3. The third kappa shape index (κ3) is 3.64. The maximum Gasteiger partial charge on any atom is 0.0999 e. The van der Waals surface area contributed by atoms with Crippen molar-refractivity contribution >= 4 is 5.52 Å². The quantitative estimate of drug-likeness (QED) is 0.498. The summed E-state index contributed by atoms with van der Waals surface area (Å²) in [5, 5.41) is 27.1. The largest absolute Gasteiger partial charge is 0.390 e. The third-order valence-electron chi connectivity index (χ3n) is 6.23. The summed E-state index contributed by atoms with van der Waals surface area (Å²) >= 11 is 0. The van der Waals surface area contributed by atoms with Gasteiger partial charge in [0.05, 0.1) is 59.9 Å². The molecule has 0 amide bonds. The van der Waals surface area contributed by atoms with Crippen LogP contribution in [0, 0.1) is 0 Å². The average Bonchev–Trinajstić information content (AvgIpc) is 3.54. The zero-order valence-electron chi connectivity index (χ0n) is 17.9. The lowest BCUT2D eigenvalue weighted by molar-refractivity contribution is 0.0810. The Hall–Kier alpha value is -3.04. The van der Waals surface area contributed by atoms with Gasteiger partial charge in [0, 0.05) is 30.1 Å². The molecule has 1 aliphatic heterocycles. The second-order valence-electron chi connectivity index (χ2n) is 8.15. The Morgan fingerprint density at radius 1 is 1.10 bits per heavy atom. The highest BCUT2D eigenvalue weighted by Crippen LogP contribution is 2.29. The van der Waals surface area contributed by atoms with Crippen LogP contribution in [0.3, 0.4) is 0 Å². The molecule has 9 nitrogen and oxygen atoms in total. The Balaban J connectivity index is 1.53.